The number of ketones is 1. The van der Waals surface area contributed by atoms with Crippen molar-refractivity contribution in [3.63, 3.8) is 0 Å². The minimum Gasteiger partial charge on any atom is -0.369 e. The summed E-state index contributed by atoms with van der Waals surface area (Å²) >= 11 is 0. The van der Waals surface area contributed by atoms with Crippen molar-refractivity contribution in [2.75, 3.05) is 50.8 Å². The molecule has 1 aliphatic carbocycles. The standard InChI is InChI=1S/C29H42N4O4/c1-4-11-31-12-14-32(15-13-31)22-9-7-21(8-10-22)28(35)30-24(16-19(2)3)29(36)33-17-23(20-5-6-20)27-26(33)25(34)18-37-27/h7-10,19-20,23-24,26-27H,4-6,11-18H2,1-3H3,(H,30,35)/t23-,24-,26+,27+/m0/s1. The van der Waals surface area contributed by atoms with Crippen LogP contribution in [0.5, 0.6) is 0 Å². The quantitative estimate of drug-likeness (QED) is 0.550. The van der Waals surface area contributed by atoms with Crippen LogP contribution in [0.2, 0.25) is 0 Å². The van der Waals surface area contributed by atoms with E-state index in [1.807, 2.05) is 38.1 Å². The summed E-state index contributed by atoms with van der Waals surface area (Å²) in [5.74, 6) is 0.579. The van der Waals surface area contributed by atoms with Crippen molar-refractivity contribution in [2.45, 2.75) is 64.6 Å². The Morgan fingerprint density at radius 3 is 2.41 bits per heavy atom. The van der Waals surface area contributed by atoms with Crippen molar-refractivity contribution in [3.8, 4) is 0 Å². The molecular formula is C29H42N4O4. The van der Waals surface area contributed by atoms with E-state index < -0.39 is 12.1 Å². The average molecular weight is 511 g/mol. The van der Waals surface area contributed by atoms with Crippen LogP contribution in [0.25, 0.3) is 0 Å². The molecule has 3 aliphatic heterocycles. The van der Waals surface area contributed by atoms with Gasteiger partial charge in [-0.25, -0.2) is 0 Å². The first-order valence-electron chi connectivity index (χ1n) is 14.2. The highest BCUT2D eigenvalue weighted by atomic mass is 16.5. The van der Waals surface area contributed by atoms with Crippen LogP contribution >= 0.6 is 0 Å². The molecule has 8 nitrogen and oxygen atoms in total. The van der Waals surface area contributed by atoms with Gasteiger partial charge in [0.15, 0.2) is 5.78 Å². The number of anilines is 1. The van der Waals surface area contributed by atoms with E-state index in [1.54, 1.807) is 4.90 Å². The lowest BCUT2D eigenvalue weighted by Crippen LogP contribution is -2.52. The zero-order chi connectivity index (χ0) is 26.1. The van der Waals surface area contributed by atoms with E-state index >= 15 is 0 Å². The van der Waals surface area contributed by atoms with Crippen molar-refractivity contribution < 1.29 is 19.1 Å². The van der Waals surface area contributed by atoms with Gasteiger partial charge in [0.1, 0.15) is 18.7 Å². The normalized spacial score (nSPS) is 27.0. The van der Waals surface area contributed by atoms with Crippen molar-refractivity contribution in [3.05, 3.63) is 29.8 Å². The van der Waals surface area contributed by atoms with E-state index in [1.165, 1.54) is 6.42 Å². The number of Topliss-reactive ketones (excluding diaryl/α,β-unsaturated/α-hetero) is 1. The molecule has 202 valence electrons. The molecule has 4 fully saturated rings. The van der Waals surface area contributed by atoms with Crippen LogP contribution in [0.3, 0.4) is 0 Å². The Labute approximate surface area is 220 Å². The number of carbonyl (C=O) groups is 3. The number of nitrogens with zero attached hydrogens (tertiary/aromatic N) is 3. The summed E-state index contributed by atoms with van der Waals surface area (Å²) in [6.07, 6.45) is 3.81. The zero-order valence-electron chi connectivity index (χ0n) is 22.5. The first kappa shape index (κ1) is 26.2. The highest BCUT2D eigenvalue weighted by Gasteiger charge is 2.56. The summed E-state index contributed by atoms with van der Waals surface area (Å²) in [7, 11) is 0. The minimum atomic E-state index is -0.661. The summed E-state index contributed by atoms with van der Waals surface area (Å²) in [5, 5.41) is 3.01. The zero-order valence-corrected chi connectivity index (χ0v) is 22.5. The summed E-state index contributed by atoms with van der Waals surface area (Å²) in [5.41, 5.74) is 1.67. The third kappa shape index (κ3) is 5.70. The Kier molecular flexibility index (Phi) is 7.86. The fraction of sp³-hybridized carbons (Fsp3) is 0.690. The summed E-state index contributed by atoms with van der Waals surface area (Å²) in [6.45, 7) is 12.2. The fourth-order valence-corrected chi connectivity index (χ4v) is 6.36. The lowest BCUT2D eigenvalue weighted by atomic mass is 9.97. The molecule has 1 aromatic carbocycles. The molecule has 5 rings (SSSR count). The summed E-state index contributed by atoms with van der Waals surface area (Å²) < 4.78 is 5.84. The van der Waals surface area contributed by atoms with Gasteiger partial charge in [0.2, 0.25) is 5.91 Å². The average Bonchev–Trinajstić information content (AvgIpc) is 3.56. The first-order chi connectivity index (χ1) is 17.9. The van der Waals surface area contributed by atoms with Gasteiger partial charge in [-0.2, -0.15) is 0 Å². The molecule has 4 atom stereocenters. The van der Waals surface area contributed by atoms with E-state index in [-0.39, 0.29) is 42.1 Å². The Bertz CT molecular complexity index is 984. The highest BCUT2D eigenvalue weighted by Crippen LogP contribution is 2.46. The van der Waals surface area contributed by atoms with Gasteiger partial charge in [-0.05, 0) is 68.3 Å². The van der Waals surface area contributed by atoms with E-state index in [2.05, 4.69) is 22.0 Å². The van der Waals surface area contributed by atoms with Crippen LogP contribution in [0, 0.1) is 17.8 Å². The van der Waals surface area contributed by atoms with Crippen molar-refractivity contribution in [2.24, 2.45) is 17.8 Å². The highest BCUT2D eigenvalue weighted by molar-refractivity contribution is 5.99. The van der Waals surface area contributed by atoms with Crippen LogP contribution in [0.15, 0.2) is 24.3 Å². The van der Waals surface area contributed by atoms with Crippen LogP contribution in [-0.4, -0.2) is 91.5 Å². The van der Waals surface area contributed by atoms with Gasteiger partial charge in [-0.1, -0.05) is 20.8 Å². The number of rotatable bonds is 9. The maximum absolute atomic E-state index is 13.8. The van der Waals surface area contributed by atoms with Gasteiger partial charge in [-0.3, -0.25) is 19.3 Å². The Morgan fingerprint density at radius 2 is 1.78 bits per heavy atom. The molecule has 0 radical (unpaired) electrons. The second-order valence-electron chi connectivity index (χ2n) is 11.7. The van der Waals surface area contributed by atoms with Gasteiger partial charge in [0.25, 0.3) is 5.91 Å². The first-order valence-corrected chi connectivity index (χ1v) is 14.2. The number of hydrogen-bond acceptors (Lipinski definition) is 6. The number of ether oxygens (including phenoxy) is 1. The van der Waals surface area contributed by atoms with Gasteiger partial charge < -0.3 is 19.9 Å². The summed E-state index contributed by atoms with van der Waals surface area (Å²) in [6, 6.07) is 6.55. The molecular weight excluding hydrogens is 468 g/mol. The number of likely N-dealkylation sites (tertiary alicyclic amines) is 1. The van der Waals surface area contributed by atoms with Gasteiger partial charge in [-0.15, -0.1) is 0 Å². The molecule has 3 saturated heterocycles. The van der Waals surface area contributed by atoms with Crippen molar-refractivity contribution >= 4 is 23.3 Å². The number of fused-ring (bicyclic) bond motifs is 1. The molecule has 1 saturated carbocycles. The molecule has 2 amide bonds. The number of amides is 2. The lowest BCUT2D eigenvalue weighted by Gasteiger charge is -2.36. The number of hydrogen-bond donors (Lipinski definition) is 1. The van der Waals surface area contributed by atoms with Crippen LogP contribution in [0.4, 0.5) is 5.69 Å². The number of piperazine rings is 1. The Balaban J connectivity index is 1.24. The molecule has 0 aromatic heterocycles. The number of benzene rings is 1. The minimum absolute atomic E-state index is 0.0118. The SMILES string of the molecule is CCCN1CCN(c2ccc(C(=O)N[C@@H](CC(C)C)C(=O)N3C[C@@H](C4CC4)[C@H]4OCC(=O)[C@H]43)cc2)CC1. The third-order valence-corrected chi connectivity index (χ3v) is 8.45. The van der Waals surface area contributed by atoms with E-state index in [0.717, 1.165) is 51.3 Å². The lowest BCUT2D eigenvalue weighted by molar-refractivity contribution is -0.138. The molecule has 0 spiro atoms. The topological polar surface area (TPSA) is 82.2 Å². The van der Waals surface area contributed by atoms with Crippen LogP contribution in [-0.2, 0) is 14.3 Å². The number of carbonyl (C=O) groups excluding carboxylic acids is 3. The van der Waals surface area contributed by atoms with Crippen LogP contribution < -0.4 is 10.2 Å². The van der Waals surface area contributed by atoms with Gasteiger partial charge in [0, 0.05) is 49.9 Å². The van der Waals surface area contributed by atoms with Crippen molar-refractivity contribution in [1.82, 2.24) is 15.1 Å². The molecule has 1 N–H and O–H groups in total. The smallest absolute Gasteiger partial charge is 0.251 e. The molecule has 4 aliphatic rings. The predicted octanol–water partition coefficient (Wildman–Crippen LogP) is 2.57. The second kappa shape index (κ2) is 11.1. The van der Waals surface area contributed by atoms with E-state index in [9.17, 15) is 14.4 Å². The van der Waals surface area contributed by atoms with Gasteiger partial charge in [0.05, 0.1) is 6.10 Å². The molecule has 3 heterocycles. The Morgan fingerprint density at radius 1 is 1.08 bits per heavy atom. The Hall–Kier alpha value is -2.45. The predicted molar refractivity (Wildman–Crippen MR) is 143 cm³/mol. The molecule has 1 aromatic rings. The monoisotopic (exact) mass is 510 g/mol. The molecule has 0 bridgehead atoms. The molecule has 37 heavy (non-hydrogen) atoms. The van der Waals surface area contributed by atoms with Gasteiger partial charge >= 0.3 is 0 Å². The summed E-state index contributed by atoms with van der Waals surface area (Å²) in [4.78, 5) is 46.2. The number of nitrogens with one attached hydrogen (secondary N) is 1. The maximum atomic E-state index is 13.8. The molecule has 8 heteroatoms. The third-order valence-electron chi connectivity index (χ3n) is 8.45. The van der Waals surface area contributed by atoms with E-state index in [4.69, 9.17) is 4.74 Å². The molecule has 0 unspecified atom stereocenters. The van der Waals surface area contributed by atoms with Crippen molar-refractivity contribution in [1.29, 1.82) is 0 Å². The largest absolute Gasteiger partial charge is 0.369 e. The fourth-order valence-electron chi connectivity index (χ4n) is 6.36. The van der Waals surface area contributed by atoms with Crippen LogP contribution in [0.1, 0.15) is 56.8 Å². The maximum Gasteiger partial charge on any atom is 0.251 e. The second-order valence-corrected chi connectivity index (χ2v) is 11.7. The van der Waals surface area contributed by atoms with E-state index in [0.29, 0.717) is 24.4 Å².